The molecule has 3 rings (SSSR count). The molecule has 0 bridgehead atoms. The summed E-state index contributed by atoms with van der Waals surface area (Å²) in [5.41, 5.74) is 6.80. The summed E-state index contributed by atoms with van der Waals surface area (Å²) in [6.45, 7) is 11.6. The molecule has 16 nitrogen and oxygen atoms in total. The Bertz CT molecular complexity index is 1400. The van der Waals surface area contributed by atoms with E-state index in [0.29, 0.717) is 24.9 Å². The molecule has 0 aromatic heterocycles. The van der Waals surface area contributed by atoms with Crippen molar-refractivity contribution in [3.05, 3.63) is 35.9 Å². The van der Waals surface area contributed by atoms with Crippen LogP contribution in [0.4, 0.5) is 0 Å². The van der Waals surface area contributed by atoms with Crippen molar-refractivity contribution in [3.63, 3.8) is 0 Å². The van der Waals surface area contributed by atoms with Crippen LogP contribution in [0.5, 0.6) is 0 Å². The zero-order chi connectivity index (χ0) is 41.3. The number of aliphatic hydroxyl groups excluding tert-OH is 3. The molecular formula is C39H64N4O12. The van der Waals surface area contributed by atoms with Gasteiger partial charge in [0, 0.05) is 27.8 Å². The number of nitrogens with zero attached hydrogens (tertiary/aromatic N) is 2. The molecule has 55 heavy (non-hydrogen) atoms. The minimum atomic E-state index is -1.89. The molecule has 2 aliphatic rings. The van der Waals surface area contributed by atoms with E-state index in [2.05, 4.69) is 5.32 Å². The maximum Gasteiger partial charge on any atom is 0.335 e. The number of carboxylic acids is 1. The monoisotopic (exact) mass is 780 g/mol. The molecule has 0 radical (unpaired) electrons. The number of aliphatic carboxylic acids is 1. The maximum absolute atomic E-state index is 14.1. The van der Waals surface area contributed by atoms with Gasteiger partial charge in [-0.1, -0.05) is 71.4 Å². The highest BCUT2D eigenvalue weighted by Crippen LogP contribution is 2.32. The summed E-state index contributed by atoms with van der Waals surface area (Å²) in [6.07, 6.45) is -9.36. The molecule has 2 fully saturated rings. The third kappa shape index (κ3) is 11.0. The predicted molar refractivity (Wildman–Crippen MR) is 201 cm³/mol. The van der Waals surface area contributed by atoms with Crippen molar-refractivity contribution >= 4 is 23.7 Å². The van der Waals surface area contributed by atoms with Crippen molar-refractivity contribution in [2.75, 3.05) is 27.8 Å². The molecule has 0 saturated carbocycles. The third-order valence-electron chi connectivity index (χ3n) is 11.3. The van der Waals surface area contributed by atoms with Crippen LogP contribution < -0.4 is 11.1 Å². The number of amides is 3. The van der Waals surface area contributed by atoms with Crippen LogP contribution in [0.2, 0.25) is 0 Å². The van der Waals surface area contributed by atoms with Crippen molar-refractivity contribution in [1.29, 1.82) is 0 Å². The predicted octanol–water partition coefficient (Wildman–Crippen LogP) is 1.04. The average Bonchev–Trinajstić information content (AvgIpc) is 3.65. The van der Waals surface area contributed by atoms with Crippen LogP contribution >= 0.6 is 0 Å². The number of nitrogens with one attached hydrogen (secondary N) is 1. The number of benzene rings is 1. The lowest BCUT2D eigenvalue weighted by atomic mass is 9.89. The van der Waals surface area contributed by atoms with Crippen LogP contribution in [0.25, 0.3) is 0 Å². The van der Waals surface area contributed by atoms with Gasteiger partial charge in [0.2, 0.25) is 17.7 Å². The van der Waals surface area contributed by atoms with Gasteiger partial charge in [0.15, 0.2) is 12.4 Å². The quantitative estimate of drug-likeness (QED) is 0.115. The van der Waals surface area contributed by atoms with Gasteiger partial charge in [-0.3, -0.25) is 14.4 Å². The fraction of sp³-hybridized carbons (Fsp3) is 0.744. The molecule has 2 heterocycles. The Labute approximate surface area is 324 Å². The molecule has 7 N–H and O–H groups in total. The largest absolute Gasteiger partial charge is 0.479 e. The summed E-state index contributed by atoms with van der Waals surface area (Å²) < 4.78 is 23.3. The number of methoxy groups -OCH3 is 2. The van der Waals surface area contributed by atoms with E-state index in [0.717, 1.165) is 6.42 Å². The lowest BCUT2D eigenvalue weighted by molar-refractivity contribution is -0.307. The van der Waals surface area contributed by atoms with E-state index in [-0.39, 0.29) is 30.1 Å². The van der Waals surface area contributed by atoms with Crippen LogP contribution in [0, 0.1) is 17.8 Å². The number of hydrogen-bond donors (Lipinski definition) is 6. The summed E-state index contributed by atoms with van der Waals surface area (Å²) in [7, 11) is 4.73. The zero-order valence-corrected chi connectivity index (χ0v) is 33.6. The number of aliphatic hydroxyl groups is 3. The highest BCUT2D eigenvalue weighted by atomic mass is 16.7. The molecule has 3 amide bonds. The fourth-order valence-electron chi connectivity index (χ4n) is 7.69. The molecule has 312 valence electrons. The molecule has 2 saturated heterocycles. The lowest BCUT2D eigenvalue weighted by Crippen LogP contribution is -2.61. The lowest BCUT2D eigenvalue weighted by Gasteiger charge is -2.41. The maximum atomic E-state index is 14.1. The normalized spacial score (nSPS) is 27.3. The number of carboxylic acid groups (broad SMARTS) is 1. The molecule has 16 heteroatoms. The van der Waals surface area contributed by atoms with E-state index in [1.807, 2.05) is 27.7 Å². The van der Waals surface area contributed by atoms with Crippen molar-refractivity contribution in [3.8, 4) is 0 Å². The highest BCUT2D eigenvalue weighted by Gasteiger charge is 2.49. The standard InChI is InChI=1S/C39H64N4O12/c1-10-21(4)29(42(7)37(49)28(40)20(2)3)26(52-8)19-27(44)43-18-14-17-25(43)33(53-9)22(5)36(48)41-23(6)34(24-15-12-11-13-16-24)54-39-32(47)30(45)31(46)35(55-39)38(50)51/h11-13,15-16,20-23,25-26,28-35,39,45-47H,10,14,17-19,40H2,1-9H3,(H,41,48)(H,50,51). The summed E-state index contributed by atoms with van der Waals surface area (Å²) >= 11 is 0. The second-order valence-corrected chi connectivity index (χ2v) is 15.4. The van der Waals surface area contributed by atoms with E-state index in [1.165, 1.54) is 14.2 Å². The van der Waals surface area contributed by atoms with Gasteiger partial charge in [-0.15, -0.1) is 0 Å². The molecule has 14 atom stereocenters. The first-order valence-electron chi connectivity index (χ1n) is 19.2. The topological polar surface area (TPSA) is 231 Å². The van der Waals surface area contributed by atoms with E-state index < -0.39 is 91.0 Å². The van der Waals surface area contributed by atoms with Crippen LogP contribution in [0.1, 0.15) is 78.9 Å². The van der Waals surface area contributed by atoms with Crippen LogP contribution in [0.3, 0.4) is 0 Å². The fourth-order valence-corrected chi connectivity index (χ4v) is 7.69. The number of carbonyl (C=O) groups is 4. The van der Waals surface area contributed by atoms with Gasteiger partial charge < -0.3 is 60.2 Å². The van der Waals surface area contributed by atoms with E-state index in [9.17, 15) is 39.6 Å². The van der Waals surface area contributed by atoms with Gasteiger partial charge in [-0.25, -0.2) is 4.79 Å². The SMILES string of the molecule is CCC(C)C(C(CC(=O)N1CCCC1C(OC)C(C)C(=O)NC(C)C(OC1OC(C(=O)O)C(O)C(O)C1O)c1ccccc1)OC)N(C)C(=O)C(N)C(C)C. The Morgan fingerprint density at radius 3 is 2.18 bits per heavy atom. The van der Waals surface area contributed by atoms with Gasteiger partial charge >= 0.3 is 5.97 Å². The smallest absolute Gasteiger partial charge is 0.335 e. The number of hydrogen-bond acceptors (Lipinski definition) is 12. The van der Waals surface area contributed by atoms with Crippen LogP contribution in [0.15, 0.2) is 30.3 Å². The number of nitrogens with two attached hydrogens (primary N) is 1. The first-order valence-corrected chi connectivity index (χ1v) is 19.2. The molecular weight excluding hydrogens is 716 g/mol. The summed E-state index contributed by atoms with van der Waals surface area (Å²) in [5, 5.41) is 43.7. The Balaban J connectivity index is 1.79. The molecule has 1 aromatic carbocycles. The number of likely N-dealkylation sites (tertiary alicyclic amines) is 1. The number of carbonyl (C=O) groups excluding carboxylic acids is 3. The molecule has 14 unspecified atom stereocenters. The van der Waals surface area contributed by atoms with Gasteiger partial charge in [-0.2, -0.15) is 0 Å². The Morgan fingerprint density at radius 1 is 1.00 bits per heavy atom. The van der Waals surface area contributed by atoms with Crippen molar-refractivity contribution < 1.29 is 58.6 Å². The van der Waals surface area contributed by atoms with Gasteiger partial charge in [0.1, 0.15) is 24.4 Å². The van der Waals surface area contributed by atoms with Crippen molar-refractivity contribution in [2.45, 2.75) is 140 Å². The summed E-state index contributed by atoms with van der Waals surface area (Å²) in [4.78, 5) is 56.4. The molecule has 0 aliphatic carbocycles. The Morgan fingerprint density at radius 2 is 1.64 bits per heavy atom. The van der Waals surface area contributed by atoms with E-state index in [1.54, 1.807) is 61.0 Å². The number of ether oxygens (including phenoxy) is 4. The van der Waals surface area contributed by atoms with Gasteiger partial charge in [0.05, 0.1) is 48.7 Å². The van der Waals surface area contributed by atoms with Gasteiger partial charge in [-0.05, 0) is 37.2 Å². The average molecular weight is 781 g/mol. The number of rotatable bonds is 19. The number of likely N-dealkylation sites (N-methyl/N-ethyl adjacent to an activating group) is 1. The summed E-state index contributed by atoms with van der Waals surface area (Å²) in [5.74, 6) is -3.20. The second kappa shape index (κ2) is 20.8. The first-order chi connectivity index (χ1) is 25.9. The van der Waals surface area contributed by atoms with Gasteiger partial charge in [0.25, 0.3) is 0 Å². The molecule has 0 spiro atoms. The minimum absolute atomic E-state index is 0.00420. The molecule has 2 aliphatic heterocycles. The second-order valence-electron chi connectivity index (χ2n) is 15.4. The van der Waals surface area contributed by atoms with Crippen LogP contribution in [-0.2, 0) is 38.1 Å². The minimum Gasteiger partial charge on any atom is -0.479 e. The van der Waals surface area contributed by atoms with E-state index >= 15 is 0 Å². The zero-order valence-electron chi connectivity index (χ0n) is 33.6. The molecule has 1 aromatic rings. The van der Waals surface area contributed by atoms with Crippen molar-refractivity contribution in [1.82, 2.24) is 15.1 Å². The Hall–Kier alpha value is -3.22. The Kier molecular flexibility index (Phi) is 17.5. The third-order valence-corrected chi connectivity index (χ3v) is 11.3. The first kappa shape index (κ1) is 46.2. The van der Waals surface area contributed by atoms with Crippen LogP contribution in [-0.4, -0.2) is 149 Å². The van der Waals surface area contributed by atoms with E-state index in [4.69, 9.17) is 24.7 Å². The van der Waals surface area contributed by atoms with Crippen molar-refractivity contribution in [2.24, 2.45) is 23.5 Å². The highest BCUT2D eigenvalue weighted by molar-refractivity contribution is 5.83. The summed E-state index contributed by atoms with van der Waals surface area (Å²) in [6, 6.07) is 6.36.